The normalized spacial score (nSPS) is 16.0. The molecule has 7 nitrogen and oxygen atoms in total. The average Bonchev–Trinajstić information content (AvgIpc) is 2.82. The van der Waals surface area contributed by atoms with E-state index < -0.39 is 52.9 Å². The van der Waals surface area contributed by atoms with Crippen LogP contribution in [-0.2, 0) is 19.1 Å². The van der Waals surface area contributed by atoms with Crippen LogP contribution in [0.25, 0.3) is 0 Å². The van der Waals surface area contributed by atoms with Gasteiger partial charge in [-0.05, 0) is 17.7 Å². The Kier molecular flexibility index (Phi) is 6.72. The highest BCUT2D eigenvalue weighted by atomic mass is 19.3. The first-order valence-corrected chi connectivity index (χ1v) is 9.50. The van der Waals surface area contributed by atoms with Gasteiger partial charge < -0.3 is 15.2 Å². The zero-order valence-electron chi connectivity index (χ0n) is 17.5. The third-order valence-electron chi connectivity index (χ3n) is 5.10. The number of anilines is 1. The number of carbonyl (C=O) groups excluding carboxylic acids is 2. The number of nitrogens with two attached hydrogens (primary N) is 1. The number of alkyl halides is 2. The fraction of sp³-hybridized carbons (Fsp3) is 0.174. The molecule has 0 saturated carbocycles. The van der Waals surface area contributed by atoms with E-state index >= 15 is 0 Å². The van der Waals surface area contributed by atoms with Crippen LogP contribution in [0.5, 0.6) is 0 Å². The number of methoxy groups -OCH3 is 2. The number of ether oxygens (including phenoxy) is 2. The summed E-state index contributed by atoms with van der Waals surface area (Å²) in [6, 6.07) is 13.1. The van der Waals surface area contributed by atoms with E-state index in [9.17, 15) is 28.0 Å². The number of rotatable bonds is 5. The fourth-order valence-corrected chi connectivity index (χ4v) is 3.70. The second kappa shape index (κ2) is 9.48. The smallest absolute Gasteiger partial charge is 0.355 e. The molecule has 0 aromatic heterocycles. The Labute approximate surface area is 187 Å². The van der Waals surface area contributed by atoms with Crippen molar-refractivity contribution in [2.45, 2.75) is 12.3 Å². The maximum absolute atomic E-state index is 14.4. The number of halogens is 3. The standard InChI is InChI=1S/C23H18F3N3O4/c1-32-22(30)18-16(12-7-4-3-5-8-12)13(11-27)21(28)29(19(18)23(31)33-2)15-10-6-9-14(24)17(15)20(25)26/h3-10,16,20H,28H2,1-2H3. The van der Waals surface area contributed by atoms with Crippen molar-refractivity contribution < 1.29 is 32.2 Å². The molecule has 0 radical (unpaired) electrons. The molecule has 1 heterocycles. The summed E-state index contributed by atoms with van der Waals surface area (Å²) < 4.78 is 51.7. The topological polar surface area (TPSA) is 106 Å². The van der Waals surface area contributed by atoms with Gasteiger partial charge in [0.25, 0.3) is 6.43 Å². The van der Waals surface area contributed by atoms with Crippen molar-refractivity contribution >= 4 is 17.6 Å². The summed E-state index contributed by atoms with van der Waals surface area (Å²) in [7, 11) is 2.07. The number of benzene rings is 2. The summed E-state index contributed by atoms with van der Waals surface area (Å²) in [5.74, 6) is -5.02. The van der Waals surface area contributed by atoms with Crippen molar-refractivity contribution in [2.75, 3.05) is 19.1 Å². The molecule has 0 amide bonds. The third-order valence-corrected chi connectivity index (χ3v) is 5.10. The van der Waals surface area contributed by atoms with E-state index in [1.54, 1.807) is 30.3 Å². The van der Waals surface area contributed by atoms with Crippen molar-refractivity contribution in [3.8, 4) is 6.07 Å². The largest absolute Gasteiger partial charge is 0.466 e. The maximum atomic E-state index is 14.4. The minimum Gasteiger partial charge on any atom is -0.466 e. The highest BCUT2D eigenvalue weighted by Gasteiger charge is 2.44. The van der Waals surface area contributed by atoms with Crippen LogP contribution < -0.4 is 10.6 Å². The number of esters is 2. The molecule has 2 aromatic rings. The van der Waals surface area contributed by atoms with Gasteiger partial charge in [0.2, 0.25) is 0 Å². The SMILES string of the molecule is COC(=O)C1=C(C(=O)OC)N(c2cccc(F)c2C(F)F)C(N)=C(C#N)C1c1ccccc1. The van der Waals surface area contributed by atoms with Gasteiger partial charge >= 0.3 is 11.9 Å². The van der Waals surface area contributed by atoms with Crippen LogP contribution in [0.3, 0.4) is 0 Å². The van der Waals surface area contributed by atoms with Crippen molar-refractivity contribution in [3.05, 3.63) is 88.1 Å². The molecule has 0 fully saturated rings. The van der Waals surface area contributed by atoms with E-state index in [4.69, 9.17) is 15.2 Å². The maximum Gasteiger partial charge on any atom is 0.355 e. The molecule has 1 aliphatic rings. The molecule has 0 aliphatic carbocycles. The first-order chi connectivity index (χ1) is 15.8. The predicted molar refractivity (Wildman–Crippen MR) is 111 cm³/mol. The molecule has 170 valence electrons. The molecule has 1 aliphatic heterocycles. The molecule has 0 spiro atoms. The van der Waals surface area contributed by atoms with Gasteiger partial charge in [0.05, 0.1) is 48.6 Å². The second-order valence-corrected chi connectivity index (χ2v) is 6.81. The Hall–Kier alpha value is -4.26. The Bertz CT molecular complexity index is 1200. The molecule has 0 bridgehead atoms. The number of hydrogen-bond donors (Lipinski definition) is 1. The fourth-order valence-electron chi connectivity index (χ4n) is 3.70. The van der Waals surface area contributed by atoms with Crippen LogP contribution in [-0.4, -0.2) is 26.2 Å². The molecule has 10 heteroatoms. The van der Waals surface area contributed by atoms with E-state index in [1.165, 1.54) is 0 Å². The van der Waals surface area contributed by atoms with Gasteiger partial charge in [-0.15, -0.1) is 0 Å². The zero-order valence-corrected chi connectivity index (χ0v) is 17.5. The Balaban J connectivity index is 2.48. The van der Waals surface area contributed by atoms with Crippen LogP contribution in [0.1, 0.15) is 23.5 Å². The molecule has 1 atom stereocenters. The zero-order chi connectivity index (χ0) is 24.3. The highest BCUT2D eigenvalue weighted by molar-refractivity contribution is 6.06. The lowest BCUT2D eigenvalue weighted by Crippen LogP contribution is -2.41. The van der Waals surface area contributed by atoms with E-state index in [1.807, 2.05) is 6.07 Å². The lowest BCUT2D eigenvalue weighted by molar-refractivity contribution is -0.139. The summed E-state index contributed by atoms with van der Waals surface area (Å²) in [5.41, 5.74) is 3.88. The lowest BCUT2D eigenvalue weighted by Gasteiger charge is -2.36. The van der Waals surface area contributed by atoms with E-state index in [0.717, 1.165) is 37.3 Å². The van der Waals surface area contributed by atoms with E-state index in [0.29, 0.717) is 5.56 Å². The van der Waals surface area contributed by atoms with Crippen LogP contribution in [0, 0.1) is 17.1 Å². The Morgan fingerprint density at radius 2 is 1.70 bits per heavy atom. The minimum atomic E-state index is -3.30. The van der Waals surface area contributed by atoms with Crippen LogP contribution in [0.4, 0.5) is 18.9 Å². The first-order valence-electron chi connectivity index (χ1n) is 9.50. The number of hydrogen-bond acceptors (Lipinski definition) is 7. The summed E-state index contributed by atoms with van der Waals surface area (Å²) in [4.78, 5) is 26.5. The number of carbonyl (C=O) groups is 2. The molecule has 0 saturated heterocycles. The van der Waals surface area contributed by atoms with Crippen molar-refractivity contribution in [2.24, 2.45) is 5.73 Å². The van der Waals surface area contributed by atoms with E-state index in [2.05, 4.69) is 0 Å². The van der Waals surface area contributed by atoms with E-state index in [-0.39, 0.29) is 11.1 Å². The van der Waals surface area contributed by atoms with Gasteiger partial charge in [0.15, 0.2) is 0 Å². The average molecular weight is 457 g/mol. The number of allylic oxidation sites excluding steroid dienone is 1. The molecular weight excluding hydrogens is 439 g/mol. The third kappa shape index (κ3) is 4.01. The van der Waals surface area contributed by atoms with Gasteiger partial charge in [-0.3, -0.25) is 4.90 Å². The quantitative estimate of drug-likeness (QED) is 0.683. The molecular formula is C23H18F3N3O4. The minimum absolute atomic E-state index is 0.223. The van der Waals surface area contributed by atoms with Gasteiger partial charge in [-0.2, -0.15) is 5.26 Å². The second-order valence-electron chi connectivity index (χ2n) is 6.81. The predicted octanol–water partition coefficient (Wildman–Crippen LogP) is 3.66. The van der Waals surface area contributed by atoms with Gasteiger partial charge in [-0.25, -0.2) is 22.8 Å². The van der Waals surface area contributed by atoms with Crippen LogP contribution in [0.15, 0.2) is 71.2 Å². The summed E-state index contributed by atoms with van der Waals surface area (Å²) in [5, 5.41) is 9.92. The molecule has 33 heavy (non-hydrogen) atoms. The molecule has 3 rings (SSSR count). The molecule has 2 aromatic carbocycles. The van der Waals surface area contributed by atoms with Gasteiger partial charge in [0, 0.05) is 0 Å². The van der Waals surface area contributed by atoms with Gasteiger partial charge in [-0.1, -0.05) is 36.4 Å². The lowest BCUT2D eigenvalue weighted by atomic mass is 9.80. The van der Waals surface area contributed by atoms with Gasteiger partial charge in [0.1, 0.15) is 17.3 Å². The Morgan fingerprint density at radius 1 is 1.06 bits per heavy atom. The summed E-state index contributed by atoms with van der Waals surface area (Å²) >= 11 is 0. The summed E-state index contributed by atoms with van der Waals surface area (Å²) in [6.45, 7) is 0. The highest BCUT2D eigenvalue weighted by Crippen LogP contribution is 2.45. The summed E-state index contributed by atoms with van der Waals surface area (Å²) in [6.07, 6.45) is -3.30. The number of nitrogens with zero attached hydrogens (tertiary/aromatic N) is 2. The van der Waals surface area contributed by atoms with Crippen molar-refractivity contribution in [3.63, 3.8) is 0 Å². The van der Waals surface area contributed by atoms with Crippen molar-refractivity contribution in [1.82, 2.24) is 0 Å². The number of nitriles is 1. The van der Waals surface area contributed by atoms with Crippen LogP contribution in [0.2, 0.25) is 0 Å². The monoisotopic (exact) mass is 457 g/mol. The Morgan fingerprint density at radius 3 is 2.24 bits per heavy atom. The van der Waals surface area contributed by atoms with Crippen LogP contribution >= 0.6 is 0 Å². The first kappa shape index (κ1) is 23.4. The molecule has 1 unspecified atom stereocenters. The molecule has 2 N–H and O–H groups in total. The van der Waals surface area contributed by atoms with Crippen molar-refractivity contribution in [1.29, 1.82) is 5.26 Å².